The number of rotatable bonds is 15. The van der Waals surface area contributed by atoms with E-state index in [0.29, 0.717) is 0 Å². The number of hydrogen-bond acceptors (Lipinski definition) is 0. The van der Waals surface area contributed by atoms with Crippen LogP contribution in [0.25, 0.3) is 275 Å². The molecule has 28 rings (SSSR count). The van der Waals surface area contributed by atoms with Gasteiger partial charge in [-0.2, -0.15) is 0 Å². The lowest BCUT2D eigenvalue weighted by atomic mass is 9.77. The normalized spacial score (nSPS) is 11.4. The van der Waals surface area contributed by atoms with Gasteiger partial charge < -0.3 is 0 Å². The molecule has 0 aliphatic heterocycles. The summed E-state index contributed by atoms with van der Waals surface area (Å²) in [5.41, 5.74) is 37.2. The van der Waals surface area contributed by atoms with E-state index in [1.807, 2.05) is 0 Å². The second kappa shape index (κ2) is 39.2. The minimum atomic E-state index is 1.20. The zero-order valence-electron chi connectivity index (χ0n) is 81.6. The Morgan fingerprint density at radius 2 is 0.216 bits per heavy atom. The van der Waals surface area contributed by atoms with Crippen LogP contribution in [0.2, 0.25) is 0 Å². The lowest BCUT2D eigenvalue weighted by Gasteiger charge is -2.25. The highest BCUT2D eigenvalue weighted by molar-refractivity contribution is 6.35. The predicted molar refractivity (Wildman–Crippen MR) is 636 cm³/mol. The summed E-state index contributed by atoms with van der Waals surface area (Å²) in [6, 6.07) is 217. The number of benzene rings is 28. The van der Waals surface area contributed by atoms with Crippen molar-refractivity contribution in [3.05, 3.63) is 595 Å². The minimum absolute atomic E-state index is 1.20. The van der Waals surface area contributed by atoms with Crippen LogP contribution in [0.3, 0.4) is 0 Å². The first-order valence-electron chi connectivity index (χ1n) is 51.2. The largest absolute Gasteiger partial charge is 0.0622 e. The average Bonchev–Trinajstić information content (AvgIpc) is 0.690. The van der Waals surface area contributed by atoms with E-state index in [4.69, 9.17) is 0 Å². The summed E-state index contributed by atoms with van der Waals surface area (Å²) in [6.07, 6.45) is 0. The first-order valence-corrected chi connectivity index (χ1v) is 51.2. The van der Waals surface area contributed by atoms with Gasteiger partial charge in [0.25, 0.3) is 0 Å². The summed E-state index contributed by atoms with van der Waals surface area (Å²) in [7, 11) is 0. The maximum Gasteiger partial charge on any atom is -0.000139 e. The maximum absolute atomic E-state index is 2.39. The van der Waals surface area contributed by atoms with Crippen LogP contribution in [0.5, 0.6) is 0 Å². The Bertz CT molecular complexity index is 9160. The predicted octanol–water partition coefficient (Wildman–Crippen LogP) is 41.6. The van der Waals surface area contributed by atoms with Gasteiger partial charge in [-0.15, -0.1) is 0 Å². The first-order chi connectivity index (χ1) is 73.5. The Morgan fingerprint density at radius 1 is 0.0743 bits per heavy atom. The SMILES string of the molecule is c1ccc(-c2ccc(-c3c4ccccc4c(-c4ccc(-c5ccccc5)cc4)c4c(-c5ccccc5)c5ccccc5c(-c5ccccc5)c34)cc2)cc1.c1ccc(-c2ccc(-c3c4ccccc4c(-c4ccc(-c5ccccc5)cc4)c4cc5ccccc5cc34)cc2)cc1.c1ccc(-c2ccccc2-c2c3ccccc3c(-c3c4ccccc4c(-c4ccccc4-c4ccccc4)c4ccccc34)c3ccccc23)cc1. The van der Waals surface area contributed by atoms with Crippen molar-refractivity contribution in [3.8, 4) is 167 Å². The molecule has 0 saturated heterocycles. The molecule has 0 aliphatic rings. The molecule has 0 aliphatic carbocycles. The van der Waals surface area contributed by atoms with Crippen molar-refractivity contribution < 1.29 is 0 Å². The van der Waals surface area contributed by atoms with Gasteiger partial charge >= 0.3 is 0 Å². The van der Waals surface area contributed by atoms with Crippen LogP contribution in [0, 0.1) is 0 Å². The second-order valence-corrected chi connectivity index (χ2v) is 38.4. The van der Waals surface area contributed by atoms with Crippen molar-refractivity contribution in [3.63, 3.8) is 0 Å². The van der Waals surface area contributed by atoms with E-state index in [1.54, 1.807) is 0 Å². The third kappa shape index (κ3) is 16.3. The molecule has 0 amide bonds. The van der Waals surface area contributed by atoms with Crippen molar-refractivity contribution in [2.45, 2.75) is 0 Å². The molecule has 690 valence electrons. The van der Waals surface area contributed by atoms with Gasteiger partial charge in [0.05, 0.1) is 0 Å². The lowest BCUT2D eigenvalue weighted by Crippen LogP contribution is -1.97. The molecule has 28 aromatic rings. The van der Waals surface area contributed by atoms with Crippen LogP contribution in [-0.4, -0.2) is 0 Å². The molecule has 0 heteroatoms. The highest BCUT2D eigenvalue weighted by Crippen LogP contribution is 2.57. The Kier molecular flexibility index (Phi) is 23.6. The van der Waals surface area contributed by atoms with E-state index in [2.05, 4.69) is 595 Å². The second-order valence-electron chi connectivity index (χ2n) is 38.4. The van der Waals surface area contributed by atoms with E-state index >= 15 is 0 Å². The Balaban J connectivity index is 0.000000113. The van der Waals surface area contributed by atoms with E-state index in [-0.39, 0.29) is 0 Å². The molecule has 0 nitrogen and oxygen atoms in total. The monoisotopic (exact) mass is 1870 g/mol. The molecule has 0 radical (unpaired) electrons. The van der Waals surface area contributed by atoms with Gasteiger partial charge in [-0.05, 0) is 287 Å². The van der Waals surface area contributed by atoms with Crippen LogP contribution in [0.15, 0.2) is 595 Å². The highest BCUT2D eigenvalue weighted by atomic mass is 14.3. The molecule has 0 spiro atoms. The molecule has 0 heterocycles. The van der Waals surface area contributed by atoms with Gasteiger partial charge in [0.15, 0.2) is 0 Å². The van der Waals surface area contributed by atoms with Crippen molar-refractivity contribution in [1.82, 2.24) is 0 Å². The molecule has 0 saturated carbocycles. The molecule has 0 N–H and O–H groups in total. The summed E-state index contributed by atoms with van der Waals surface area (Å²) in [4.78, 5) is 0. The number of fused-ring (bicyclic) bond motifs is 10. The molecule has 0 atom stereocenters. The van der Waals surface area contributed by atoms with Crippen molar-refractivity contribution in [1.29, 1.82) is 0 Å². The fraction of sp³-hybridized carbons (Fsp3) is 0. The Hall–Kier alpha value is -19.2. The molecule has 28 aromatic carbocycles. The first kappa shape index (κ1) is 88.9. The third-order valence-corrected chi connectivity index (χ3v) is 30.0. The standard InChI is InChI=1S/C54H36.C52H34.C42H28/c1-5-17-37(18-6-1)39-29-33-43(34-30-39)51-47-27-15-16-28-48(47)52(44-35-31-40(32-36-44)38-19-7-2-8-20-38)54-50(42-23-11-4-12-24-42)46-26-14-13-25-45(46)49(53(51)54)41-21-9-3-10-22-41;1-3-19-35(20-4-1)37-23-7-9-25-39(37)49-41-27-11-15-31-45(41)51(46-32-16-12-28-42(46)49)52-47-33-17-13-29-43(47)50(44-30-14-18-34-48(44)52)40-26-10-8-24-38(40)36-21-5-2-6-22-36;1-3-11-29(12-4-1)31-19-23-33(24-20-31)41-37-17-9-10-18-38(37)42(40-28-36-16-8-7-15-35(36)27-39(40)41)34-25-21-32(22-26-34)30-13-5-2-6-14-30/h1-36H;1-34H;1-28H. The molecule has 0 fully saturated rings. The average molecular weight is 1880 g/mol. The van der Waals surface area contributed by atoms with Gasteiger partial charge in [-0.3, -0.25) is 0 Å². The topological polar surface area (TPSA) is 0 Å². The number of hydrogen-bond donors (Lipinski definition) is 0. The van der Waals surface area contributed by atoms with Crippen LogP contribution in [0.1, 0.15) is 0 Å². The molecule has 0 aromatic heterocycles. The summed E-state index contributed by atoms with van der Waals surface area (Å²) >= 11 is 0. The van der Waals surface area contributed by atoms with E-state index in [0.717, 1.165) is 0 Å². The quantitative estimate of drug-likeness (QED) is 0.0898. The maximum atomic E-state index is 2.39. The zero-order chi connectivity index (χ0) is 98.2. The Labute approximate surface area is 862 Å². The molecular weight excluding hydrogens is 1780 g/mol. The van der Waals surface area contributed by atoms with Crippen molar-refractivity contribution in [2.24, 2.45) is 0 Å². The van der Waals surface area contributed by atoms with Gasteiger partial charge in [0.1, 0.15) is 0 Å². The van der Waals surface area contributed by atoms with E-state index in [9.17, 15) is 0 Å². The summed E-state index contributed by atoms with van der Waals surface area (Å²) in [5.74, 6) is 0. The summed E-state index contributed by atoms with van der Waals surface area (Å²) in [6.45, 7) is 0. The van der Waals surface area contributed by atoms with Crippen molar-refractivity contribution in [2.75, 3.05) is 0 Å². The van der Waals surface area contributed by atoms with Gasteiger partial charge in [-0.25, -0.2) is 0 Å². The van der Waals surface area contributed by atoms with Gasteiger partial charge in [0.2, 0.25) is 0 Å². The smallest absolute Gasteiger partial charge is 0.000139 e. The molecular formula is C148H98. The molecule has 0 unspecified atom stereocenters. The van der Waals surface area contributed by atoms with E-state index in [1.165, 1.54) is 275 Å². The van der Waals surface area contributed by atoms with Crippen LogP contribution >= 0.6 is 0 Å². The minimum Gasteiger partial charge on any atom is -0.0622 e. The zero-order valence-corrected chi connectivity index (χ0v) is 81.6. The van der Waals surface area contributed by atoms with Crippen LogP contribution in [-0.2, 0) is 0 Å². The lowest BCUT2D eigenvalue weighted by molar-refractivity contribution is 1.60. The third-order valence-electron chi connectivity index (χ3n) is 30.0. The molecule has 0 bridgehead atoms. The van der Waals surface area contributed by atoms with Gasteiger partial charge in [-0.1, -0.05) is 582 Å². The molecule has 148 heavy (non-hydrogen) atoms. The summed E-state index contributed by atoms with van der Waals surface area (Å²) in [5, 5.41) is 25.2. The van der Waals surface area contributed by atoms with Crippen molar-refractivity contribution >= 4 is 108 Å². The fourth-order valence-corrected chi connectivity index (χ4v) is 23.4. The van der Waals surface area contributed by atoms with E-state index < -0.39 is 0 Å². The van der Waals surface area contributed by atoms with Crippen LogP contribution < -0.4 is 0 Å². The van der Waals surface area contributed by atoms with Crippen LogP contribution in [0.4, 0.5) is 0 Å². The summed E-state index contributed by atoms with van der Waals surface area (Å²) < 4.78 is 0. The fourth-order valence-electron chi connectivity index (χ4n) is 23.4. The Morgan fingerprint density at radius 3 is 0.446 bits per heavy atom. The highest BCUT2D eigenvalue weighted by Gasteiger charge is 2.30. The van der Waals surface area contributed by atoms with Gasteiger partial charge in [0, 0.05) is 0 Å².